The highest BCUT2D eigenvalue weighted by atomic mass is 32.2. The summed E-state index contributed by atoms with van der Waals surface area (Å²) in [5, 5.41) is 0. The minimum atomic E-state index is -1.07. The molecule has 48 heavy (non-hydrogen) atoms. The molecule has 1 aliphatic rings. The third-order valence-corrected chi connectivity index (χ3v) is 9.24. The number of benzene rings is 5. The lowest BCUT2D eigenvalue weighted by Gasteiger charge is -2.45. The van der Waals surface area contributed by atoms with E-state index >= 15 is 0 Å². The van der Waals surface area contributed by atoms with Gasteiger partial charge in [-0.25, -0.2) is 4.79 Å². The molecular weight excluding hydrogens is 621 g/mol. The molecule has 0 aliphatic carbocycles. The van der Waals surface area contributed by atoms with Crippen LogP contribution in [0.3, 0.4) is 0 Å². The van der Waals surface area contributed by atoms with Gasteiger partial charge in [0.1, 0.15) is 30.4 Å². The predicted molar refractivity (Wildman–Crippen MR) is 187 cm³/mol. The number of rotatable bonds is 14. The molecule has 5 aromatic rings. The average molecular weight is 661 g/mol. The summed E-state index contributed by atoms with van der Waals surface area (Å²) in [7, 11) is 0. The molecule has 246 valence electrons. The van der Waals surface area contributed by atoms with Gasteiger partial charge >= 0.3 is 5.97 Å². The van der Waals surface area contributed by atoms with Crippen LogP contribution in [0, 0.1) is 6.92 Å². The predicted octanol–water partition coefficient (Wildman–Crippen LogP) is 8.31. The second kappa shape index (κ2) is 17.2. The average Bonchev–Trinajstić information content (AvgIpc) is 3.14. The second-order valence-corrected chi connectivity index (χ2v) is 12.9. The van der Waals surface area contributed by atoms with Gasteiger partial charge in [0.25, 0.3) is 0 Å². The number of thioether (sulfide) groups is 1. The molecule has 2 unspecified atom stereocenters. The van der Waals surface area contributed by atoms with Crippen LogP contribution in [0.2, 0.25) is 0 Å². The molecule has 1 saturated heterocycles. The Labute approximate surface area is 287 Å². The van der Waals surface area contributed by atoms with Crippen LogP contribution >= 0.6 is 11.8 Å². The largest absolute Gasteiger partial charge is 0.459 e. The maximum absolute atomic E-state index is 14.0. The summed E-state index contributed by atoms with van der Waals surface area (Å²) in [6.07, 6.45) is -3.17. The van der Waals surface area contributed by atoms with E-state index in [0.29, 0.717) is 13.2 Å². The molecule has 0 amide bonds. The van der Waals surface area contributed by atoms with Crippen molar-refractivity contribution >= 4 is 17.7 Å². The first kappa shape index (κ1) is 33.7. The molecule has 0 bridgehead atoms. The van der Waals surface area contributed by atoms with E-state index in [1.165, 1.54) is 11.8 Å². The van der Waals surface area contributed by atoms with Crippen molar-refractivity contribution < 1.29 is 28.5 Å². The number of esters is 1. The minimum absolute atomic E-state index is 0.115. The molecule has 6 rings (SSSR count). The molecule has 6 nitrogen and oxygen atoms in total. The van der Waals surface area contributed by atoms with Crippen molar-refractivity contribution in [3.8, 4) is 0 Å². The van der Waals surface area contributed by atoms with Crippen LogP contribution in [0.4, 0.5) is 0 Å². The van der Waals surface area contributed by atoms with Crippen LogP contribution in [0.25, 0.3) is 0 Å². The molecule has 0 aromatic heterocycles. The number of ether oxygens (including phenoxy) is 5. The Bertz CT molecular complexity index is 1670. The zero-order valence-electron chi connectivity index (χ0n) is 26.9. The minimum Gasteiger partial charge on any atom is -0.459 e. The Morgan fingerprint density at radius 2 is 0.958 bits per heavy atom. The van der Waals surface area contributed by atoms with E-state index in [1.807, 2.05) is 121 Å². The van der Waals surface area contributed by atoms with Crippen molar-refractivity contribution in [1.82, 2.24) is 0 Å². The fraction of sp³-hybridized carbons (Fsp3) is 0.244. The van der Waals surface area contributed by atoms with Crippen molar-refractivity contribution in [3.63, 3.8) is 0 Å². The zero-order chi connectivity index (χ0) is 33.0. The van der Waals surface area contributed by atoms with Gasteiger partial charge in [0.2, 0.25) is 0 Å². The lowest BCUT2D eigenvalue weighted by Crippen LogP contribution is -2.61. The van der Waals surface area contributed by atoms with Crippen LogP contribution in [0.5, 0.6) is 0 Å². The van der Waals surface area contributed by atoms with E-state index in [0.717, 1.165) is 32.7 Å². The smallest absolute Gasteiger partial charge is 0.338 e. The number of hydrogen-bond acceptors (Lipinski definition) is 7. The molecule has 0 saturated carbocycles. The summed E-state index contributed by atoms with van der Waals surface area (Å²) in [5.74, 6) is -0.513. The first-order valence-corrected chi connectivity index (χ1v) is 17.1. The number of carbonyl (C=O) groups excluding carboxylic acids is 1. The van der Waals surface area contributed by atoms with Crippen LogP contribution in [-0.2, 0) is 54.9 Å². The highest BCUT2D eigenvalue weighted by Crippen LogP contribution is 2.39. The quantitative estimate of drug-likeness (QED) is 0.111. The highest BCUT2D eigenvalue weighted by Gasteiger charge is 2.52. The highest BCUT2D eigenvalue weighted by molar-refractivity contribution is 7.99. The molecule has 7 heteroatoms. The van der Waals surface area contributed by atoms with E-state index < -0.39 is 35.8 Å². The van der Waals surface area contributed by atoms with Gasteiger partial charge in [-0.15, -0.1) is 0 Å². The van der Waals surface area contributed by atoms with Crippen molar-refractivity contribution in [2.75, 3.05) is 0 Å². The lowest BCUT2D eigenvalue weighted by molar-refractivity contribution is -0.250. The van der Waals surface area contributed by atoms with Crippen LogP contribution in [0.1, 0.15) is 27.8 Å². The molecule has 1 fully saturated rings. The number of hydrogen-bond donors (Lipinski definition) is 0. The molecule has 5 atom stereocenters. The third kappa shape index (κ3) is 9.43. The maximum atomic E-state index is 14.0. The normalized spacial score (nSPS) is 20.6. The zero-order valence-corrected chi connectivity index (χ0v) is 27.7. The van der Waals surface area contributed by atoms with E-state index in [4.69, 9.17) is 23.7 Å². The van der Waals surface area contributed by atoms with E-state index in [2.05, 4.69) is 31.2 Å². The summed E-state index contributed by atoms with van der Waals surface area (Å²) in [4.78, 5) is 15.0. The summed E-state index contributed by atoms with van der Waals surface area (Å²) < 4.78 is 32.7. The summed E-state index contributed by atoms with van der Waals surface area (Å²) in [5.41, 5.74) is 4.41. The molecule has 1 aliphatic heterocycles. The fourth-order valence-electron chi connectivity index (χ4n) is 5.51. The molecule has 0 spiro atoms. The molecule has 0 radical (unpaired) electrons. The van der Waals surface area contributed by atoms with Gasteiger partial charge in [0.15, 0.2) is 6.10 Å². The summed E-state index contributed by atoms with van der Waals surface area (Å²) in [6.45, 7) is 3.06. The molecule has 1 heterocycles. The van der Waals surface area contributed by atoms with E-state index in [-0.39, 0.29) is 13.2 Å². The molecule has 0 N–H and O–H groups in total. The maximum Gasteiger partial charge on any atom is 0.338 e. The van der Waals surface area contributed by atoms with Crippen LogP contribution in [0.15, 0.2) is 150 Å². The summed E-state index contributed by atoms with van der Waals surface area (Å²) >= 11 is 1.50. The Morgan fingerprint density at radius 1 is 0.542 bits per heavy atom. The van der Waals surface area contributed by atoms with Crippen LogP contribution in [-0.4, -0.2) is 35.8 Å². The number of aryl methyl sites for hydroxylation is 1. The fourth-order valence-corrected chi connectivity index (χ4v) is 6.61. The standard InChI is InChI=1S/C41H40O6S/c1-30-22-24-35(25-23-30)48-41-39(45-28-33-18-10-4-11-19-33)37(44-27-32-16-8-3-9-17-32)36(43-26-31-14-6-2-7-15-31)38(47-41)40(42)46-29-34-20-12-5-13-21-34/h2-25,36-39,41H,26-29H2,1H3/t36-,37+,38?,39?,41-/m0/s1. The lowest BCUT2D eigenvalue weighted by atomic mass is 9.98. The van der Waals surface area contributed by atoms with Crippen molar-refractivity contribution in [1.29, 1.82) is 0 Å². The van der Waals surface area contributed by atoms with Crippen molar-refractivity contribution in [2.24, 2.45) is 0 Å². The number of carbonyl (C=O) groups is 1. The Kier molecular flexibility index (Phi) is 12.1. The Hall–Kier alpha value is -4.24. The Balaban J connectivity index is 1.35. The molecular formula is C41H40O6S. The van der Waals surface area contributed by atoms with Crippen molar-refractivity contribution in [3.05, 3.63) is 173 Å². The first-order chi connectivity index (χ1) is 23.6. The third-order valence-electron chi connectivity index (χ3n) is 8.08. The van der Waals surface area contributed by atoms with E-state index in [9.17, 15) is 4.79 Å². The van der Waals surface area contributed by atoms with Gasteiger partial charge in [-0.1, -0.05) is 151 Å². The van der Waals surface area contributed by atoms with Crippen molar-refractivity contribution in [2.45, 2.75) is 68.1 Å². The van der Waals surface area contributed by atoms with Gasteiger partial charge in [-0.2, -0.15) is 0 Å². The SMILES string of the molecule is Cc1ccc(S[C@@H]2OC(C(=O)OCc3ccccc3)[C@@H](OCc3ccccc3)[C@@H](OCc3ccccc3)C2OCc2ccccc2)cc1. The Morgan fingerprint density at radius 3 is 1.44 bits per heavy atom. The first-order valence-electron chi connectivity index (χ1n) is 16.2. The monoisotopic (exact) mass is 660 g/mol. The van der Waals surface area contributed by atoms with Gasteiger partial charge in [0.05, 0.1) is 19.8 Å². The molecule has 5 aromatic carbocycles. The summed E-state index contributed by atoms with van der Waals surface area (Å²) in [6, 6.07) is 47.7. The van der Waals surface area contributed by atoms with Gasteiger partial charge in [0, 0.05) is 4.90 Å². The topological polar surface area (TPSA) is 63.2 Å². The van der Waals surface area contributed by atoms with E-state index in [1.54, 1.807) is 0 Å². The van der Waals surface area contributed by atoms with Crippen LogP contribution < -0.4 is 0 Å². The second-order valence-electron chi connectivity index (χ2n) is 11.7. The van der Waals surface area contributed by atoms with Gasteiger partial charge in [-0.3, -0.25) is 0 Å². The van der Waals surface area contributed by atoms with Gasteiger partial charge < -0.3 is 23.7 Å². The van der Waals surface area contributed by atoms with Gasteiger partial charge in [-0.05, 0) is 41.3 Å².